The lowest BCUT2D eigenvalue weighted by Gasteiger charge is -2.09. The fraction of sp³-hybridized carbons (Fsp3) is 0.167. The molecule has 0 aliphatic heterocycles. The lowest BCUT2D eigenvalue weighted by molar-refractivity contribution is -0.276. The highest BCUT2D eigenvalue weighted by atomic mass is 79.9. The molecule has 0 amide bonds. The van der Waals surface area contributed by atoms with E-state index in [1.807, 2.05) is 0 Å². The first-order valence-corrected chi connectivity index (χ1v) is 4.24. The maximum Gasteiger partial charge on any atom is 0.574 e. The van der Waals surface area contributed by atoms with E-state index in [-0.39, 0.29) is 4.60 Å². The average Bonchev–Trinajstić information content (AvgIpc) is 1.96. The molecule has 0 aromatic carbocycles. The third-order valence-corrected chi connectivity index (χ3v) is 1.81. The lowest BCUT2D eigenvalue weighted by atomic mass is 10.4. The Morgan fingerprint density at radius 2 is 2.00 bits per heavy atom. The first kappa shape index (κ1) is 11.5. The van der Waals surface area contributed by atoms with Crippen molar-refractivity contribution in [1.29, 1.82) is 0 Å². The number of hydrogen-bond donors (Lipinski definition) is 0. The summed E-state index contributed by atoms with van der Waals surface area (Å²) in [4.78, 5) is 3.22. The molecule has 0 spiro atoms. The monoisotopic (exact) mass is 293 g/mol. The standard InChI is InChI=1S/C6HBrClF4NO/c7-3-1-2(9)4(8)5(13-3)14-6(10,11)12/h1H. The molecule has 78 valence electrons. The first-order valence-electron chi connectivity index (χ1n) is 3.07. The van der Waals surface area contributed by atoms with E-state index in [2.05, 4.69) is 25.7 Å². The third kappa shape index (κ3) is 2.98. The van der Waals surface area contributed by atoms with Crippen molar-refractivity contribution >= 4 is 27.5 Å². The molecular weight excluding hydrogens is 293 g/mol. The van der Waals surface area contributed by atoms with Crippen LogP contribution in [0.2, 0.25) is 5.02 Å². The Hall–Kier alpha value is -0.560. The highest BCUT2D eigenvalue weighted by Gasteiger charge is 2.33. The number of pyridine rings is 1. The largest absolute Gasteiger partial charge is 0.574 e. The van der Waals surface area contributed by atoms with E-state index in [1.54, 1.807) is 0 Å². The topological polar surface area (TPSA) is 22.1 Å². The summed E-state index contributed by atoms with van der Waals surface area (Å²) in [6, 6.07) is 0.825. The molecule has 0 bridgehead atoms. The molecule has 0 fully saturated rings. The van der Waals surface area contributed by atoms with Crippen LogP contribution in [0.1, 0.15) is 0 Å². The zero-order valence-corrected chi connectivity index (χ0v) is 8.54. The SMILES string of the molecule is Fc1cc(Br)nc(OC(F)(F)F)c1Cl. The molecule has 0 unspecified atom stereocenters. The Balaban J connectivity index is 3.09. The van der Waals surface area contributed by atoms with E-state index >= 15 is 0 Å². The molecule has 0 atom stereocenters. The molecule has 0 radical (unpaired) electrons. The molecule has 1 aromatic heterocycles. The normalized spacial score (nSPS) is 11.6. The van der Waals surface area contributed by atoms with Crippen LogP contribution in [0, 0.1) is 5.82 Å². The first-order chi connectivity index (χ1) is 6.29. The van der Waals surface area contributed by atoms with Crippen LogP contribution in [0.5, 0.6) is 5.88 Å². The van der Waals surface area contributed by atoms with E-state index in [0.29, 0.717) is 0 Å². The fourth-order valence-corrected chi connectivity index (χ4v) is 1.12. The lowest BCUT2D eigenvalue weighted by Crippen LogP contribution is -2.18. The van der Waals surface area contributed by atoms with Crippen molar-refractivity contribution in [3.8, 4) is 5.88 Å². The van der Waals surface area contributed by atoms with Crippen molar-refractivity contribution in [3.63, 3.8) is 0 Å². The Morgan fingerprint density at radius 3 is 2.50 bits per heavy atom. The molecule has 1 rings (SSSR count). The van der Waals surface area contributed by atoms with Gasteiger partial charge in [-0.25, -0.2) is 9.37 Å². The summed E-state index contributed by atoms with van der Waals surface area (Å²) in [6.07, 6.45) is -4.95. The number of ether oxygens (including phenoxy) is 1. The van der Waals surface area contributed by atoms with Gasteiger partial charge < -0.3 is 4.74 Å². The van der Waals surface area contributed by atoms with Crippen LogP contribution in [0.4, 0.5) is 17.6 Å². The quantitative estimate of drug-likeness (QED) is 0.584. The molecule has 0 aliphatic rings. The highest BCUT2D eigenvalue weighted by molar-refractivity contribution is 9.10. The van der Waals surface area contributed by atoms with E-state index in [4.69, 9.17) is 11.6 Å². The number of nitrogens with zero attached hydrogens (tertiary/aromatic N) is 1. The molecule has 8 heteroatoms. The number of rotatable bonds is 1. The van der Waals surface area contributed by atoms with Crippen LogP contribution in [0.25, 0.3) is 0 Å². The van der Waals surface area contributed by atoms with Crippen molar-refractivity contribution < 1.29 is 22.3 Å². The average molecular weight is 294 g/mol. The van der Waals surface area contributed by atoms with Crippen LogP contribution in [0.15, 0.2) is 10.7 Å². The second kappa shape index (κ2) is 3.90. The molecule has 14 heavy (non-hydrogen) atoms. The summed E-state index contributed by atoms with van der Waals surface area (Å²) in [7, 11) is 0. The summed E-state index contributed by atoms with van der Waals surface area (Å²) >= 11 is 7.89. The van der Waals surface area contributed by atoms with Crippen molar-refractivity contribution in [3.05, 3.63) is 21.5 Å². The molecule has 2 nitrogen and oxygen atoms in total. The maximum absolute atomic E-state index is 12.8. The van der Waals surface area contributed by atoms with E-state index < -0.39 is 23.1 Å². The van der Waals surface area contributed by atoms with Gasteiger partial charge in [0.15, 0.2) is 0 Å². The minimum absolute atomic E-state index is 0.140. The Labute approximate surface area is 89.0 Å². The summed E-state index contributed by atoms with van der Waals surface area (Å²) in [5, 5.41) is -0.814. The van der Waals surface area contributed by atoms with Gasteiger partial charge in [0.2, 0.25) is 5.88 Å². The van der Waals surface area contributed by atoms with Crippen molar-refractivity contribution in [2.45, 2.75) is 6.36 Å². The predicted molar refractivity (Wildman–Crippen MR) is 43.6 cm³/mol. The molecule has 1 heterocycles. The second-order valence-electron chi connectivity index (χ2n) is 2.09. The Morgan fingerprint density at radius 1 is 1.43 bits per heavy atom. The van der Waals surface area contributed by atoms with Gasteiger partial charge in [-0.05, 0) is 15.9 Å². The summed E-state index contributed by atoms with van der Waals surface area (Å²) in [6.45, 7) is 0. The zero-order valence-electron chi connectivity index (χ0n) is 6.20. The van der Waals surface area contributed by atoms with Crippen LogP contribution < -0.4 is 4.74 Å². The second-order valence-corrected chi connectivity index (χ2v) is 3.28. The van der Waals surface area contributed by atoms with Gasteiger partial charge in [0.05, 0.1) is 0 Å². The van der Waals surface area contributed by atoms with Crippen molar-refractivity contribution in [2.24, 2.45) is 0 Å². The maximum atomic E-state index is 12.8. The van der Waals surface area contributed by atoms with E-state index in [1.165, 1.54) is 0 Å². The van der Waals surface area contributed by atoms with E-state index in [9.17, 15) is 17.6 Å². The summed E-state index contributed by atoms with van der Waals surface area (Å²) in [5.41, 5.74) is 0. The third-order valence-electron chi connectivity index (χ3n) is 1.06. The van der Waals surface area contributed by atoms with Crippen LogP contribution in [-0.4, -0.2) is 11.3 Å². The fourth-order valence-electron chi connectivity index (χ4n) is 0.626. The van der Waals surface area contributed by atoms with Crippen LogP contribution in [-0.2, 0) is 0 Å². The van der Waals surface area contributed by atoms with Gasteiger partial charge >= 0.3 is 6.36 Å². The van der Waals surface area contributed by atoms with Gasteiger partial charge in [0.25, 0.3) is 0 Å². The minimum atomic E-state index is -4.95. The van der Waals surface area contributed by atoms with Gasteiger partial charge in [-0.3, -0.25) is 0 Å². The van der Waals surface area contributed by atoms with Crippen LogP contribution >= 0.6 is 27.5 Å². The van der Waals surface area contributed by atoms with Gasteiger partial charge in [-0.1, -0.05) is 11.6 Å². The minimum Gasteiger partial charge on any atom is -0.386 e. The number of alkyl halides is 3. The van der Waals surface area contributed by atoms with Gasteiger partial charge in [-0.2, -0.15) is 0 Å². The summed E-state index contributed by atoms with van der Waals surface area (Å²) in [5.74, 6) is -2.07. The number of aromatic nitrogens is 1. The highest BCUT2D eigenvalue weighted by Crippen LogP contribution is 2.31. The number of halogens is 6. The van der Waals surface area contributed by atoms with Crippen molar-refractivity contribution in [2.75, 3.05) is 0 Å². The van der Waals surface area contributed by atoms with Crippen molar-refractivity contribution in [1.82, 2.24) is 4.98 Å². The Bertz CT molecular complexity index is 356. The molecule has 0 saturated heterocycles. The Kier molecular flexibility index (Phi) is 3.20. The molecule has 0 N–H and O–H groups in total. The van der Waals surface area contributed by atoms with Gasteiger partial charge in [-0.15, -0.1) is 13.2 Å². The van der Waals surface area contributed by atoms with E-state index in [0.717, 1.165) is 6.07 Å². The zero-order chi connectivity index (χ0) is 10.9. The van der Waals surface area contributed by atoms with Gasteiger partial charge in [0, 0.05) is 6.07 Å². The molecule has 1 aromatic rings. The van der Waals surface area contributed by atoms with Crippen LogP contribution in [0.3, 0.4) is 0 Å². The number of hydrogen-bond acceptors (Lipinski definition) is 2. The predicted octanol–water partition coefficient (Wildman–Crippen LogP) is 3.54. The molecule has 0 saturated carbocycles. The molecular formula is C6HBrClF4NO. The van der Waals surface area contributed by atoms with Gasteiger partial charge in [0.1, 0.15) is 15.4 Å². The summed E-state index contributed by atoms with van der Waals surface area (Å²) < 4.78 is 51.2. The molecule has 0 aliphatic carbocycles. The smallest absolute Gasteiger partial charge is 0.386 e.